The number of terminal acetylenes is 1. The summed E-state index contributed by atoms with van der Waals surface area (Å²) in [6, 6.07) is 6.59. The molecule has 1 saturated carbocycles. The van der Waals surface area contributed by atoms with Gasteiger partial charge in [-0.05, 0) is 75.7 Å². The monoisotopic (exact) mass is 654 g/mol. The summed E-state index contributed by atoms with van der Waals surface area (Å²) >= 11 is 0. The summed E-state index contributed by atoms with van der Waals surface area (Å²) in [4.78, 5) is 21.2. The van der Waals surface area contributed by atoms with E-state index in [1.807, 2.05) is 0 Å². The van der Waals surface area contributed by atoms with Gasteiger partial charge in [0.05, 0.1) is 24.2 Å². The predicted molar refractivity (Wildman–Crippen MR) is 180 cm³/mol. The van der Waals surface area contributed by atoms with E-state index in [4.69, 9.17) is 16.1 Å². The fourth-order valence-corrected chi connectivity index (χ4v) is 9.30. The first-order chi connectivity index (χ1) is 23.3. The van der Waals surface area contributed by atoms with E-state index in [1.165, 1.54) is 24.3 Å². The van der Waals surface area contributed by atoms with Crippen LogP contribution in [0.3, 0.4) is 0 Å². The highest BCUT2D eigenvalue weighted by Gasteiger charge is 2.47. The highest BCUT2D eigenvalue weighted by molar-refractivity contribution is 6.03. The maximum absolute atomic E-state index is 17.0. The lowest BCUT2D eigenvalue weighted by molar-refractivity contribution is 0.0133. The van der Waals surface area contributed by atoms with Gasteiger partial charge in [0.2, 0.25) is 0 Å². The maximum atomic E-state index is 17.0. The van der Waals surface area contributed by atoms with E-state index in [0.29, 0.717) is 48.9 Å². The number of halogens is 2. The number of benzene rings is 2. The molecular formula is C37H40F2N6O3. The zero-order valence-electron chi connectivity index (χ0n) is 27.1. The van der Waals surface area contributed by atoms with Crippen molar-refractivity contribution in [1.82, 2.24) is 24.8 Å². The molecule has 3 aliphatic heterocycles. The van der Waals surface area contributed by atoms with E-state index in [0.717, 1.165) is 51.5 Å². The van der Waals surface area contributed by atoms with Crippen molar-refractivity contribution in [2.24, 2.45) is 5.41 Å². The lowest BCUT2D eigenvalue weighted by Gasteiger charge is -2.44. The third-order valence-corrected chi connectivity index (χ3v) is 11.5. The molecule has 11 heteroatoms. The number of rotatable bonds is 7. The lowest BCUT2D eigenvalue weighted by Crippen LogP contribution is -2.54. The van der Waals surface area contributed by atoms with Crippen molar-refractivity contribution in [1.29, 1.82) is 0 Å². The largest absolute Gasteiger partial charge is 0.508 e. The minimum atomic E-state index is -0.726. The maximum Gasteiger partial charge on any atom is 0.319 e. The van der Waals surface area contributed by atoms with Gasteiger partial charge in [-0.25, -0.2) is 8.78 Å². The number of aliphatic hydroxyl groups is 1. The third kappa shape index (κ3) is 5.04. The molecule has 2 N–H and O–H groups in total. The number of piperidine rings is 1. The molecule has 4 fully saturated rings. The Balaban J connectivity index is 1.26. The standard InChI is InChI=1S/C37H40F2N6O3/c1-3-26-29(38)10-7-22-16-25(47)17-27(31(22)26)33-32(39)34-28(18-40-33)35(44-19-23-8-9-24(20-44)45(23)14-15-46)42-36(41-34)48-21-37-11-4-6-30(37)43(2)13-5-12-37/h1,7,10,16-18,23-24,30,46-47H,4-6,8-9,11-15,19-21H2,2H3. The SMILES string of the molecule is C#Cc1c(F)ccc2cc(O)cc(-c3ncc4c(N5CC6CCC(C5)N6CCO)nc(OCC56CCCC5N(C)CCC6)nc4c3F)c12. The smallest absolute Gasteiger partial charge is 0.319 e. The van der Waals surface area contributed by atoms with Crippen LogP contribution in [0.5, 0.6) is 11.8 Å². The Labute approximate surface area is 278 Å². The molecule has 0 radical (unpaired) electrons. The van der Waals surface area contributed by atoms with Crippen molar-refractivity contribution in [2.45, 2.75) is 63.1 Å². The summed E-state index contributed by atoms with van der Waals surface area (Å²) < 4.78 is 38.4. The van der Waals surface area contributed by atoms with Gasteiger partial charge in [-0.1, -0.05) is 18.4 Å². The van der Waals surface area contributed by atoms with Crippen LogP contribution in [0.2, 0.25) is 0 Å². The second kappa shape index (κ2) is 12.1. The molecule has 250 valence electrons. The van der Waals surface area contributed by atoms with Crippen LogP contribution in [0.1, 0.15) is 50.5 Å². The lowest BCUT2D eigenvalue weighted by atomic mass is 9.76. The molecule has 2 aromatic heterocycles. The first-order valence-corrected chi connectivity index (χ1v) is 17.0. The summed E-state index contributed by atoms with van der Waals surface area (Å²) in [5.41, 5.74) is 0.0840. The average Bonchev–Trinajstić information content (AvgIpc) is 3.61. The Morgan fingerprint density at radius 2 is 1.88 bits per heavy atom. The molecule has 48 heavy (non-hydrogen) atoms. The van der Waals surface area contributed by atoms with Crippen molar-refractivity contribution >= 4 is 27.5 Å². The Bertz CT molecular complexity index is 1940. The molecule has 1 aliphatic carbocycles. The van der Waals surface area contributed by atoms with Crippen molar-refractivity contribution in [3.63, 3.8) is 0 Å². The highest BCUT2D eigenvalue weighted by Crippen LogP contribution is 2.48. The van der Waals surface area contributed by atoms with Crippen LogP contribution in [-0.2, 0) is 0 Å². The van der Waals surface area contributed by atoms with Crippen molar-refractivity contribution in [3.8, 4) is 35.4 Å². The number of aromatic hydroxyl groups is 1. The van der Waals surface area contributed by atoms with E-state index < -0.39 is 11.6 Å². The van der Waals surface area contributed by atoms with Gasteiger partial charge < -0.3 is 24.7 Å². The predicted octanol–water partition coefficient (Wildman–Crippen LogP) is 5.10. The van der Waals surface area contributed by atoms with E-state index in [2.05, 4.69) is 37.6 Å². The van der Waals surface area contributed by atoms with E-state index in [-0.39, 0.29) is 63.6 Å². The Morgan fingerprint density at radius 1 is 1.08 bits per heavy atom. The minimum Gasteiger partial charge on any atom is -0.508 e. The number of anilines is 1. The van der Waals surface area contributed by atoms with Crippen LogP contribution in [0, 0.1) is 29.4 Å². The Morgan fingerprint density at radius 3 is 2.65 bits per heavy atom. The third-order valence-electron chi connectivity index (χ3n) is 11.5. The van der Waals surface area contributed by atoms with Gasteiger partial charge in [0.1, 0.15) is 28.6 Å². The number of ether oxygens (including phenoxy) is 1. The van der Waals surface area contributed by atoms with E-state index in [1.54, 1.807) is 6.20 Å². The topological polar surface area (TPSA) is 98.1 Å². The number of hydrogen-bond acceptors (Lipinski definition) is 9. The average molecular weight is 655 g/mol. The number of pyridine rings is 1. The molecule has 9 nitrogen and oxygen atoms in total. The Hall–Kier alpha value is -4.11. The van der Waals surface area contributed by atoms with E-state index in [9.17, 15) is 14.6 Å². The number of fused-ring (bicyclic) bond motifs is 5. The first kappa shape index (κ1) is 31.2. The van der Waals surface area contributed by atoms with Gasteiger partial charge in [0.15, 0.2) is 5.82 Å². The normalized spacial score (nSPS) is 25.9. The number of piperazine rings is 1. The highest BCUT2D eigenvalue weighted by atomic mass is 19.1. The van der Waals surface area contributed by atoms with Crippen LogP contribution in [0.4, 0.5) is 14.6 Å². The van der Waals surface area contributed by atoms with Gasteiger partial charge >= 0.3 is 6.01 Å². The molecule has 4 aliphatic rings. The summed E-state index contributed by atoms with van der Waals surface area (Å²) in [5.74, 6) is 1.49. The second-order valence-electron chi connectivity index (χ2n) is 14.1. The fraction of sp³-hybridized carbons (Fsp3) is 0.486. The molecule has 3 saturated heterocycles. The van der Waals surface area contributed by atoms with Crippen LogP contribution < -0.4 is 9.64 Å². The molecule has 4 aromatic rings. The summed E-state index contributed by atoms with van der Waals surface area (Å²) in [6.45, 7) is 3.59. The molecule has 2 bridgehead atoms. The number of phenols is 1. The van der Waals surface area contributed by atoms with Gasteiger partial charge in [0, 0.05) is 60.3 Å². The summed E-state index contributed by atoms with van der Waals surface area (Å²) in [6.07, 6.45) is 14.8. The van der Waals surface area contributed by atoms with E-state index >= 15 is 4.39 Å². The molecule has 0 amide bonds. The second-order valence-corrected chi connectivity index (χ2v) is 14.1. The molecule has 4 unspecified atom stereocenters. The molecule has 4 atom stereocenters. The summed E-state index contributed by atoms with van der Waals surface area (Å²) in [5, 5.41) is 21.5. The van der Waals surface area contributed by atoms with Crippen molar-refractivity contribution < 1.29 is 23.7 Å². The Kier molecular flexibility index (Phi) is 7.85. The fourth-order valence-electron chi connectivity index (χ4n) is 9.30. The summed E-state index contributed by atoms with van der Waals surface area (Å²) in [7, 11) is 2.19. The first-order valence-electron chi connectivity index (χ1n) is 17.0. The van der Waals surface area contributed by atoms with Crippen LogP contribution in [0.15, 0.2) is 30.5 Å². The zero-order chi connectivity index (χ0) is 33.2. The van der Waals surface area contributed by atoms with Crippen molar-refractivity contribution in [2.75, 3.05) is 51.3 Å². The molecule has 5 heterocycles. The van der Waals surface area contributed by atoms with Gasteiger partial charge in [-0.15, -0.1) is 6.42 Å². The van der Waals surface area contributed by atoms with Crippen LogP contribution in [0.25, 0.3) is 32.9 Å². The molecule has 8 rings (SSSR count). The number of phenolic OH excluding ortho intramolecular Hbond substituents is 1. The molecule has 0 spiro atoms. The zero-order valence-corrected chi connectivity index (χ0v) is 27.1. The molecule has 2 aromatic carbocycles. The molecular weight excluding hydrogens is 614 g/mol. The van der Waals surface area contributed by atoms with Crippen LogP contribution in [-0.4, -0.2) is 99.5 Å². The van der Waals surface area contributed by atoms with Gasteiger partial charge in [0.25, 0.3) is 0 Å². The quantitative estimate of drug-likeness (QED) is 0.264. The number of hydrogen-bond donors (Lipinski definition) is 2. The minimum absolute atomic E-state index is 0.00135. The van der Waals surface area contributed by atoms with Gasteiger partial charge in [-0.2, -0.15) is 9.97 Å². The number of aromatic nitrogens is 3. The van der Waals surface area contributed by atoms with Crippen molar-refractivity contribution in [3.05, 3.63) is 47.7 Å². The van der Waals surface area contributed by atoms with Crippen LogP contribution >= 0.6 is 0 Å². The number of aliphatic hydroxyl groups excluding tert-OH is 1. The van der Waals surface area contributed by atoms with Gasteiger partial charge in [-0.3, -0.25) is 9.88 Å². The number of nitrogens with zero attached hydrogens (tertiary/aromatic N) is 6. The number of likely N-dealkylation sites (tertiary alicyclic amines) is 1.